The number of nitrogens with two attached hydrogens (primary N) is 1. The van der Waals surface area contributed by atoms with Gasteiger partial charge >= 0.3 is 0 Å². The van der Waals surface area contributed by atoms with E-state index in [0.29, 0.717) is 13.1 Å². The fraction of sp³-hybridized carbons (Fsp3) is 0.500. The number of nitrogens with zero attached hydrogens (tertiary/aromatic N) is 1. The maximum Gasteiger partial charge on any atom is 0.162 e. The van der Waals surface area contributed by atoms with Crippen molar-refractivity contribution in [3.05, 3.63) is 12.4 Å². The SMILES string of the molecule is NCCN1C=CNC1C=O. The Labute approximate surface area is 59.7 Å². The summed E-state index contributed by atoms with van der Waals surface area (Å²) in [5.74, 6) is 0. The van der Waals surface area contributed by atoms with Crippen molar-refractivity contribution in [1.82, 2.24) is 10.2 Å². The van der Waals surface area contributed by atoms with Gasteiger partial charge in [0.2, 0.25) is 0 Å². The molecule has 0 bridgehead atoms. The first-order valence-corrected chi connectivity index (χ1v) is 3.22. The van der Waals surface area contributed by atoms with Gasteiger partial charge in [0, 0.05) is 25.5 Å². The third-order valence-corrected chi connectivity index (χ3v) is 1.41. The van der Waals surface area contributed by atoms with Gasteiger partial charge in [-0.3, -0.25) is 4.79 Å². The second-order valence-corrected chi connectivity index (χ2v) is 2.09. The van der Waals surface area contributed by atoms with E-state index >= 15 is 0 Å². The summed E-state index contributed by atoms with van der Waals surface area (Å²) in [6, 6.07) is 0. The Hall–Kier alpha value is -1.03. The van der Waals surface area contributed by atoms with E-state index in [1.165, 1.54) is 0 Å². The molecule has 4 nitrogen and oxygen atoms in total. The fourth-order valence-electron chi connectivity index (χ4n) is 0.906. The number of rotatable bonds is 3. The van der Waals surface area contributed by atoms with Crippen LogP contribution in [0.15, 0.2) is 12.4 Å². The third-order valence-electron chi connectivity index (χ3n) is 1.41. The van der Waals surface area contributed by atoms with Crippen LogP contribution >= 0.6 is 0 Å². The van der Waals surface area contributed by atoms with Gasteiger partial charge in [0.25, 0.3) is 0 Å². The summed E-state index contributed by atoms with van der Waals surface area (Å²) < 4.78 is 0. The highest BCUT2D eigenvalue weighted by molar-refractivity contribution is 5.58. The van der Waals surface area contributed by atoms with Gasteiger partial charge in [-0.25, -0.2) is 0 Å². The molecule has 1 unspecified atom stereocenters. The van der Waals surface area contributed by atoms with Crippen LogP contribution in [0.3, 0.4) is 0 Å². The maximum atomic E-state index is 10.3. The van der Waals surface area contributed by atoms with Crippen molar-refractivity contribution in [3.8, 4) is 0 Å². The summed E-state index contributed by atoms with van der Waals surface area (Å²) >= 11 is 0. The molecule has 1 rings (SSSR count). The van der Waals surface area contributed by atoms with Crippen LogP contribution in [0.25, 0.3) is 0 Å². The molecule has 0 spiro atoms. The van der Waals surface area contributed by atoms with Crippen molar-refractivity contribution in [3.63, 3.8) is 0 Å². The van der Waals surface area contributed by atoms with E-state index in [2.05, 4.69) is 5.32 Å². The van der Waals surface area contributed by atoms with E-state index in [1.807, 2.05) is 11.1 Å². The highest BCUT2D eigenvalue weighted by atomic mass is 16.1. The first-order chi connectivity index (χ1) is 4.88. The lowest BCUT2D eigenvalue weighted by molar-refractivity contribution is -0.111. The highest BCUT2D eigenvalue weighted by Gasteiger charge is 2.15. The van der Waals surface area contributed by atoms with E-state index in [1.54, 1.807) is 6.20 Å². The number of carbonyl (C=O) groups excluding carboxylic acids is 1. The number of aldehydes is 1. The van der Waals surface area contributed by atoms with Gasteiger partial charge in [0.15, 0.2) is 12.5 Å². The molecule has 56 valence electrons. The van der Waals surface area contributed by atoms with Crippen LogP contribution < -0.4 is 11.1 Å². The van der Waals surface area contributed by atoms with Crippen LogP contribution in [-0.4, -0.2) is 30.4 Å². The molecule has 1 aliphatic rings. The van der Waals surface area contributed by atoms with Gasteiger partial charge in [-0.1, -0.05) is 0 Å². The number of hydrogen-bond acceptors (Lipinski definition) is 4. The molecule has 0 radical (unpaired) electrons. The standard InChI is InChI=1S/C6H11N3O/c7-1-3-9-4-2-8-6(9)5-10/h2,4-6,8H,1,3,7H2. The van der Waals surface area contributed by atoms with Gasteiger partial charge in [-0.05, 0) is 0 Å². The van der Waals surface area contributed by atoms with Crippen LogP contribution in [-0.2, 0) is 4.79 Å². The summed E-state index contributed by atoms with van der Waals surface area (Å²) in [5.41, 5.74) is 5.31. The molecule has 10 heavy (non-hydrogen) atoms. The zero-order valence-electron chi connectivity index (χ0n) is 5.66. The molecule has 0 aromatic rings. The summed E-state index contributed by atoms with van der Waals surface area (Å²) in [7, 11) is 0. The minimum atomic E-state index is -0.205. The van der Waals surface area contributed by atoms with E-state index in [4.69, 9.17) is 5.73 Å². The first-order valence-electron chi connectivity index (χ1n) is 3.22. The average molecular weight is 141 g/mol. The van der Waals surface area contributed by atoms with Crippen molar-refractivity contribution in [2.75, 3.05) is 13.1 Å². The Kier molecular flexibility index (Phi) is 2.28. The molecule has 0 aliphatic carbocycles. The van der Waals surface area contributed by atoms with Crippen LogP contribution in [0.4, 0.5) is 0 Å². The molecule has 0 fully saturated rings. The highest BCUT2D eigenvalue weighted by Crippen LogP contribution is 1.99. The van der Waals surface area contributed by atoms with Crippen LogP contribution in [0.5, 0.6) is 0 Å². The molecular weight excluding hydrogens is 130 g/mol. The summed E-state index contributed by atoms with van der Waals surface area (Å²) in [4.78, 5) is 12.2. The average Bonchev–Trinajstić information content (AvgIpc) is 2.36. The Morgan fingerprint density at radius 2 is 2.60 bits per heavy atom. The minimum Gasteiger partial charge on any atom is -0.364 e. The number of nitrogens with one attached hydrogen (secondary N) is 1. The van der Waals surface area contributed by atoms with Crippen molar-refractivity contribution in [2.24, 2.45) is 5.73 Å². The quantitative estimate of drug-likeness (QED) is 0.487. The lowest BCUT2D eigenvalue weighted by Gasteiger charge is -2.19. The van der Waals surface area contributed by atoms with E-state index in [9.17, 15) is 4.79 Å². The molecule has 1 aliphatic heterocycles. The molecule has 1 heterocycles. The predicted molar refractivity (Wildman–Crippen MR) is 37.9 cm³/mol. The molecular formula is C6H11N3O. The van der Waals surface area contributed by atoms with Gasteiger partial charge in [-0.15, -0.1) is 0 Å². The van der Waals surface area contributed by atoms with Crippen molar-refractivity contribution >= 4 is 6.29 Å². The van der Waals surface area contributed by atoms with Crippen molar-refractivity contribution in [1.29, 1.82) is 0 Å². The lowest BCUT2D eigenvalue weighted by atomic mass is 10.4. The lowest BCUT2D eigenvalue weighted by Crippen LogP contribution is -2.39. The van der Waals surface area contributed by atoms with Crippen LogP contribution in [0.2, 0.25) is 0 Å². The van der Waals surface area contributed by atoms with E-state index in [0.717, 1.165) is 6.29 Å². The second-order valence-electron chi connectivity index (χ2n) is 2.09. The Balaban J connectivity index is 2.40. The molecule has 0 aromatic heterocycles. The van der Waals surface area contributed by atoms with Gasteiger partial charge < -0.3 is 16.0 Å². The van der Waals surface area contributed by atoms with Crippen LogP contribution in [0, 0.1) is 0 Å². The summed E-state index contributed by atoms with van der Waals surface area (Å²) in [6.07, 6.45) is 4.22. The molecule has 1 atom stereocenters. The molecule has 0 aromatic carbocycles. The number of carbonyl (C=O) groups is 1. The second kappa shape index (κ2) is 3.22. The van der Waals surface area contributed by atoms with Crippen molar-refractivity contribution in [2.45, 2.75) is 6.17 Å². The smallest absolute Gasteiger partial charge is 0.162 e. The minimum absolute atomic E-state index is 0.205. The summed E-state index contributed by atoms with van der Waals surface area (Å²) in [6.45, 7) is 1.28. The monoisotopic (exact) mass is 141 g/mol. The van der Waals surface area contributed by atoms with Crippen molar-refractivity contribution < 1.29 is 4.79 Å². The van der Waals surface area contributed by atoms with E-state index < -0.39 is 0 Å². The molecule has 0 saturated carbocycles. The van der Waals surface area contributed by atoms with E-state index in [-0.39, 0.29) is 6.17 Å². The summed E-state index contributed by atoms with van der Waals surface area (Å²) in [5, 5.41) is 2.86. The Morgan fingerprint density at radius 1 is 1.80 bits per heavy atom. The normalized spacial score (nSPS) is 22.9. The molecule has 4 heteroatoms. The predicted octanol–water partition coefficient (Wildman–Crippen LogP) is -1.15. The molecule has 0 amide bonds. The Morgan fingerprint density at radius 3 is 3.20 bits per heavy atom. The van der Waals surface area contributed by atoms with Gasteiger partial charge in [-0.2, -0.15) is 0 Å². The van der Waals surface area contributed by atoms with Gasteiger partial charge in [0.05, 0.1) is 0 Å². The maximum absolute atomic E-state index is 10.3. The Bertz CT molecular complexity index is 146. The van der Waals surface area contributed by atoms with Crippen LogP contribution in [0.1, 0.15) is 0 Å². The topological polar surface area (TPSA) is 58.4 Å². The largest absolute Gasteiger partial charge is 0.364 e. The fourth-order valence-corrected chi connectivity index (χ4v) is 0.906. The number of hydrogen-bond donors (Lipinski definition) is 2. The zero-order chi connectivity index (χ0) is 7.40. The third kappa shape index (κ3) is 1.27. The molecule has 3 N–H and O–H groups in total. The molecule has 0 saturated heterocycles. The first kappa shape index (κ1) is 7.08. The van der Waals surface area contributed by atoms with Gasteiger partial charge in [0.1, 0.15) is 0 Å². The zero-order valence-corrected chi connectivity index (χ0v) is 5.66.